The number of nitrogens with one attached hydrogen (secondary N) is 1. The van der Waals surface area contributed by atoms with Gasteiger partial charge in [-0.1, -0.05) is 6.58 Å². The minimum absolute atomic E-state index is 0.0446. The molecule has 0 atom stereocenters. The Morgan fingerprint density at radius 1 is 1.46 bits per heavy atom. The first-order valence-electron chi connectivity index (χ1n) is 4.17. The molecular formula is C9H15NO3. The van der Waals surface area contributed by atoms with E-state index in [1.807, 2.05) is 0 Å². The van der Waals surface area contributed by atoms with Crippen molar-refractivity contribution < 1.29 is 14.3 Å². The van der Waals surface area contributed by atoms with E-state index in [9.17, 15) is 9.59 Å². The monoisotopic (exact) mass is 185 g/mol. The van der Waals surface area contributed by atoms with Crippen molar-refractivity contribution in [3.63, 3.8) is 0 Å². The predicted molar refractivity (Wildman–Crippen MR) is 49.5 cm³/mol. The van der Waals surface area contributed by atoms with E-state index in [4.69, 9.17) is 0 Å². The molecule has 0 saturated heterocycles. The Morgan fingerprint density at radius 2 is 2.08 bits per heavy atom. The van der Waals surface area contributed by atoms with Crippen LogP contribution in [0.5, 0.6) is 0 Å². The predicted octanol–water partition coefficient (Wildman–Crippen LogP) is 1.27. The molecule has 0 rings (SSSR count). The van der Waals surface area contributed by atoms with Crippen LogP contribution in [-0.2, 0) is 9.53 Å². The van der Waals surface area contributed by atoms with Crippen molar-refractivity contribution in [3.05, 3.63) is 12.2 Å². The van der Waals surface area contributed by atoms with Crippen LogP contribution in [0.3, 0.4) is 0 Å². The molecule has 0 spiro atoms. The van der Waals surface area contributed by atoms with Crippen molar-refractivity contribution in [1.82, 2.24) is 5.32 Å². The summed E-state index contributed by atoms with van der Waals surface area (Å²) < 4.78 is 4.60. The second-order valence-corrected chi connectivity index (χ2v) is 2.60. The van der Waals surface area contributed by atoms with E-state index in [0.717, 1.165) is 0 Å². The molecule has 0 unspecified atom stereocenters. The van der Waals surface area contributed by atoms with E-state index in [1.165, 1.54) is 0 Å². The molecular weight excluding hydrogens is 170 g/mol. The van der Waals surface area contributed by atoms with Gasteiger partial charge in [0.25, 0.3) is 0 Å². The van der Waals surface area contributed by atoms with Gasteiger partial charge >= 0.3 is 6.09 Å². The summed E-state index contributed by atoms with van der Waals surface area (Å²) in [6.07, 6.45) is -0.217. The van der Waals surface area contributed by atoms with Gasteiger partial charge < -0.3 is 10.1 Å². The van der Waals surface area contributed by atoms with Crippen LogP contribution >= 0.6 is 0 Å². The zero-order valence-electron chi connectivity index (χ0n) is 8.05. The van der Waals surface area contributed by atoms with Crippen LogP contribution in [0.4, 0.5) is 4.79 Å². The van der Waals surface area contributed by atoms with Crippen molar-refractivity contribution in [2.75, 3.05) is 13.2 Å². The lowest BCUT2D eigenvalue weighted by Crippen LogP contribution is -2.26. The van der Waals surface area contributed by atoms with Crippen molar-refractivity contribution >= 4 is 11.9 Å². The molecule has 1 N–H and O–H groups in total. The number of amides is 1. The summed E-state index contributed by atoms with van der Waals surface area (Å²) in [7, 11) is 0. The number of hydrogen-bond donors (Lipinski definition) is 1. The molecule has 4 heteroatoms. The summed E-state index contributed by atoms with van der Waals surface area (Å²) in [6, 6.07) is 0. The summed E-state index contributed by atoms with van der Waals surface area (Å²) >= 11 is 0. The van der Waals surface area contributed by atoms with Gasteiger partial charge in [0.2, 0.25) is 0 Å². The molecule has 0 aliphatic carbocycles. The standard InChI is InChI=1S/C9H15NO3/c1-4-13-9(12)10-6-5-8(11)7(2)3/h2,4-6H2,1,3H3,(H,10,12). The number of ketones is 1. The lowest BCUT2D eigenvalue weighted by molar-refractivity contribution is -0.115. The molecule has 0 aliphatic heterocycles. The number of Topliss-reactive ketones (excluding diaryl/α,β-unsaturated/α-hetero) is 1. The minimum atomic E-state index is -0.489. The molecule has 0 saturated carbocycles. The average Bonchev–Trinajstić information content (AvgIpc) is 2.04. The van der Waals surface area contributed by atoms with Gasteiger partial charge in [-0.25, -0.2) is 4.79 Å². The Kier molecular flexibility index (Phi) is 5.59. The summed E-state index contributed by atoms with van der Waals surface area (Å²) in [4.78, 5) is 21.7. The van der Waals surface area contributed by atoms with E-state index < -0.39 is 6.09 Å². The Balaban J connectivity index is 3.50. The minimum Gasteiger partial charge on any atom is -0.450 e. The highest BCUT2D eigenvalue weighted by Crippen LogP contribution is 1.93. The summed E-state index contributed by atoms with van der Waals surface area (Å²) in [5, 5.41) is 2.45. The summed E-state index contributed by atoms with van der Waals surface area (Å²) in [5.41, 5.74) is 0.505. The zero-order chi connectivity index (χ0) is 10.3. The molecule has 74 valence electrons. The number of rotatable bonds is 5. The lowest BCUT2D eigenvalue weighted by atomic mass is 10.2. The first kappa shape index (κ1) is 11.7. The number of allylic oxidation sites excluding steroid dienone is 1. The molecule has 0 heterocycles. The molecule has 0 bridgehead atoms. The number of ether oxygens (including phenoxy) is 1. The first-order chi connectivity index (χ1) is 6.07. The number of alkyl carbamates (subject to hydrolysis) is 1. The van der Waals surface area contributed by atoms with Gasteiger partial charge in [-0.05, 0) is 19.4 Å². The fourth-order valence-corrected chi connectivity index (χ4v) is 0.674. The topological polar surface area (TPSA) is 55.4 Å². The largest absolute Gasteiger partial charge is 0.450 e. The van der Waals surface area contributed by atoms with Crippen LogP contribution in [0.25, 0.3) is 0 Å². The molecule has 0 aromatic heterocycles. The average molecular weight is 185 g/mol. The molecule has 0 radical (unpaired) electrons. The lowest BCUT2D eigenvalue weighted by Gasteiger charge is -2.03. The second-order valence-electron chi connectivity index (χ2n) is 2.60. The Labute approximate surface area is 78.0 Å². The molecule has 0 fully saturated rings. The molecule has 0 aromatic carbocycles. The third-order valence-electron chi connectivity index (χ3n) is 1.37. The van der Waals surface area contributed by atoms with Gasteiger partial charge in [-0.15, -0.1) is 0 Å². The van der Waals surface area contributed by atoms with E-state index in [1.54, 1.807) is 13.8 Å². The van der Waals surface area contributed by atoms with Crippen molar-refractivity contribution in [2.24, 2.45) is 0 Å². The number of hydrogen-bond acceptors (Lipinski definition) is 3. The maximum atomic E-state index is 11.0. The van der Waals surface area contributed by atoms with E-state index in [0.29, 0.717) is 18.7 Å². The Hall–Kier alpha value is -1.32. The molecule has 4 nitrogen and oxygen atoms in total. The molecule has 0 aromatic rings. The summed E-state index contributed by atoms with van der Waals surface area (Å²) in [5.74, 6) is -0.0446. The van der Waals surface area contributed by atoms with Crippen molar-refractivity contribution in [2.45, 2.75) is 20.3 Å². The van der Waals surface area contributed by atoms with Crippen LogP contribution in [0.15, 0.2) is 12.2 Å². The number of carbonyl (C=O) groups is 2. The van der Waals surface area contributed by atoms with Crippen molar-refractivity contribution in [3.8, 4) is 0 Å². The van der Waals surface area contributed by atoms with E-state index in [-0.39, 0.29) is 12.2 Å². The SMILES string of the molecule is C=C(C)C(=O)CCNC(=O)OCC. The van der Waals surface area contributed by atoms with Gasteiger partial charge in [0.15, 0.2) is 5.78 Å². The smallest absolute Gasteiger partial charge is 0.407 e. The van der Waals surface area contributed by atoms with Crippen molar-refractivity contribution in [1.29, 1.82) is 0 Å². The van der Waals surface area contributed by atoms with Crippen LogP contribution < -0.4 is 5.32 Å². The Bertz CT molecular complexity index is 211. The summed E-state index contributed by atoms with van der Waals surface area (Å²) in [6.45, 7) is 7.49. The molecule has 0 aliphatic rings. The maximum absolute atomic E-state index is 11.0. The third kappa shape index (κ3) is 5.90. The highest BCUT2D eigenvalue weighted by molar-refractivity contribution is 5.94. The van der Waals surface area contributed by atoms with Gasteiger partial charge in [0, 0.05) is 13.0 Å². The highest BCUT2D eigenvalue weighted by Gasteiger charge is 2.03. The quantitative estimate of drug-likeness (QED) is 0.656. The fraction of sp³-hybridized carbons (Fsp3) is 0.556. The van der Waals surface area contributed by atoms with Crippen LogP contribution in [0, 0.1) is 0 Å². The molecule has 1 amide bonds. The maximum Gasteiger partial charge on any atom is 0.407 e. The van der Waals surface area contributed by atoms with Gasteiger partial charge in [-0.2, -0.15) is 0 Å². The van der Waals surface area contributed by atoms with Crippen LogP contribution in [0.2, 0.25) is 0 Å². The Morgan fingerprint density at radius 3 is 2.54 bits per heavy atom. The van der Waals surface area contributed by atoms with Gasteiger partial charge in [-0.3, -0.25) is 4.79 Å². The second kappa shape index (κ2) is 6.22. The zero-order valence-corrected chi connectivity index (χ0v) is 8.05. The van der Waals surface area contributed by atoms with E-state index in [2.05, 4.69) is 16.6 Å². The van der Waals surface area contributed by atoms with Gasteiger partial charge in [0.1, 0.15) is 0 Å². The first-order valence-corrected chi connectivity index (χ1v) is 4.17. The third-order valence-corrected chi connectivity index (χ3v) is 1.37. The van der Waals surface area contributed by atoms with Crippen LogP contribution in [0.1, 0.15) is 20.3 Å². The fourth-order valence-electron chi connectivity index (χ4n) is 0.674. The highest BCUT2D eigenvalue weighted by atomic mass is 16.5. The molecule has 13 heavy (non-hydrogen) atoms. The normalized spacial score (nSPS) is 9.08. The van der Waals surface area contributed by atoms with Crippen LogP contribution in [-0.4, -0.2) is 25.0 Å². The number of carbonyl (C=O) groups excluding carboxylic acids is 2. The van der Waals surface area contributed by atoms with Gasteiger partial charge in [0.05, 0.1) is 6.61 Å². The van der Waals surface area contributed by atoms with E-state index >= 15 is 0 Å².